The molecule has 4 N–H and O–H groups in total. The minimum atomic E-state index is -0.295. The molecular formula is C21H22N6O. The molecule has 0 unspecified atom stereocenters. The lowest BCUT2D eigenvalue weighted by Gasteiger charge is -2.29. The van der Waals surface area contributed by atoms with Gasteiger partial charge in [0.1, 0.15) is 5.69 Å². The standard InChI is InChI=1S/C21H22N6O/c22-17-6-4-15(18-3-1-2-8-24-18)13-20(17)26-21(28)19-7-5-16(14-25-19)27-11-9-23-10-12-27/h1-8,13-14,23H,9-12,22H2,(H,26,28). The highest BCUT2D eigenvalue weighted by Gasteiger charge is 2.14. The molecule has 1 aromatic carbocycles. The fourth-order valence-corrected chi connectivity index (χ4v) is 3.17. The van der Waals surface area contributed by atoms with Gasteiger partial charge in [-0.05, 0) is 36.4 Å². The Balaban J connectivity index is 1.50. The smallest absolute Gasteiger partial charge is 0.274 e. The first-order valence-electron chi connectivity index (χ1n) is 9.25. The number of anilines is 3. The summed E-state index contributed by atoms with van der Waals surface area (Å²) in [4.78, 5) is 23.6. The van der Waals surface area contributed by atoms with E-state index in [-0.39, 0.29) is 5.91 Å². The number of pyridine rings is 2. The summed E-state index contributed by atoms with van der Waals surface area (Å²) in [7, 11) is 0. The summed E-state index contributed by atoms with van der Waals surface area (Å²) in [5.41, 5.74) is 10.2. The monoisotopic (exact) mass is 374 g/mol. The minimum absolute atomic E-state index is 0.295. The number of benzene rings is 1. The Labute approximate surface area is 163 Å². The van der Waals surface area contributed by atoms with E-state index in [0.29, 0.717) is 17.1 Å². The molecule has 4 rings (SSSR count). The molecule has 7 nitrogen and oxygen atoms in total. The Morgan fingerprint density at radius 2 is 1.93 bits per heavy atom. The topological polar surface area (TPSA) is 96.2 Å². The van der Waals surface area contributed by atoms with Crippen LogP contribution in [0.1, 0.15) is 10.5 Å². The van der Waals surface area contributed by atoms with Crippen LogP contribution in [0.2, 0.25) is 0 Å². The zero-order chi connectivity index (χ0) is 19.3. The molecule has 0 radical (unpaired) electrons. The maximum Gasteiger partial charge on any atom is 0.274 e. The van der Waals surface area contributed by atoms with E-state index >= 15 is 0 Å². The van der Waals surface area contributed by atoms with Crippen LogP contribution in [0.5, 0.6) is 0 Å². The van der Waals surface area contributed by atoms with E-state index in [0.717, 1.165) is 43.1 Å². The van der Waals surface area contributed by atoms with Gasteiger partial charge in [0.2, 0.25) is 0 Å². The van der Waals surface area contributed by atoms with E-state index in [1.165, 1.54) is 0 Å². The summed E-state index contributed by atoms with van der Waals surface area (Å²) in [6, 6.07) is 14.8. The predicted molar refractivity (Wildman–Crippen MR) is 111 cm³/mol. The van der Waals surface area contributed by atoms with Gasteiger partial charge in [-0.2, -0.15) is 0 Å². The third-order valence-corrected chi connectivity index (χ3v) is 4.72. The Hall–Kier alpha value is -3.45. The van der Waals surface area contributed by atoms with Gasteiger partial charge in [0, 0.05) is 37.9 Å². The number of piperazine rings is 1. The van der Waals surface area contributed by atoms with Crippen LogP contribution >= 0.6 is 0 Å². The minimum Gasteiger partial charge on any atom is -0.397 e. The summed E-state index contributed by atoms with van der Waals surface area (Å²) in [6.45, 7) is 3.77. The molecule has 1 aliphatic heterocycles. The molecule has 142 valence electrons. The Morgan fingerprint density at radius 3 is 2.64 bits per heavy atom. The van der Waals surface area contributed by atoms with E-state index in [4.69, 9.17) is 5.73 Å². The van der Waals surface area contributed by atoms with Gasteiger partial charge in [-0.3, -0.25) is 9.78 Å². The van der Waals surface area contributed by atoms with Gasteiger partial charge in [-0.15, -0.1) is 0 Å². The lowest BCUT2D eigenvalue weighted by molar-refractivity contribution is 0.102. The summed E-state index contributed by atoms with van der Waals surface area (Å²) in [5.74, 6) is -0.295. The van der Waals surface area contributed by atoms with Crippen LogP contribution in [0, 0.1) is 0 Å². The molecule has 28 heavy (non-hydrogen) atoms. The summed E-state index contributed by atoms with van der Waals surface area (Å²) < 4.78 is 0. The highest BCUT2D eigenvalue weighted by molar-refractivity contribution is 6.05. The number of amides is 1. The third-order valence-electron chi connectivity index (χ3n) is 4.72. The molecule has 3 aromatic rings. The normalized spacial score (nSPS) is 13.9. The van der Waals surface area contributed by atoms with Crippen molar-refractivity contribution in [2.75, 3.05) is 42.1 Å². The average Bonchev–Trinajstić information content (AvgIpc) is 2.76. The molecule has 0 saturated carbocycles. The molecule has 1 aliphatic rings. The van der Waals surface area contributed by atoms with E-state index < -0.39 is 0 Å². The van der Waals surface area contributed by atoms with Gasteiger partial charge in [-0.1, -0.05) is 12.1 Å². The number of nitrogens with two attached hydrogens (primary N) is 1. The maximum atomic E-state index is 12.6. The van der Waals surface area contributed by atoms with Crippen molar-refractivity contribution >= 4 is 23.0 Å². The van der Waals surface area contributed by atoms with Crippen molar-refractivity contribution in [1.82, 2.24) is 15.3 Å². The van der Waals surface area contributed by atoms with Crippen LogP contribution in [0.4, 0.5) is 17.1 Å². The molecule has 7 heteroatoms. The second kappa shape index (κ2) is 8.06. The van der Waals surface area contributed by atoms with Crippen LogP contribution in [0.3, 0.4) is 0 Å². The van der Waals surface area contributed by atoms with E-state index in [1.807, 2.05) is 36.4 Å². The number of nitrogen functional groups attached to an aromatic ring is 1. The highest BCUT2D eigenvalue weighted by atomic mass is 16.1. The fraction of sp³-hybridized carbons (Fsp3) is 0.190. The van der Waals surface area contributed by atoms with Crippen LogP contribution in [0.25, 0.3) is 11.3 Å². The van der Waals surface area contributed by atoms with Gasteiger partial charge in [0.25, 0.3) is 5.91 Å². The first-order chi connectivity index (χ1) is 13.7. The largest absolute Gasteiger partial charge is 0.397 e. The van der Waals surface area contributed by atoms with Crippen molar-refractivity contribution in [2.45, 2.75) is 0 Å². The number of rotatable bonds is 4. The van der Waals surface area contributed by atoms with Crippen molar-refractivity contribution in [1.29, 1.82) is 0 Å². The van der Waals surface area contributed by atoms with Crippen molar-refractivity contribution in [2.24, 2.45) is 0 Å². The average molecular weight is 374 g/mol. The molecule has 1 saturated heterocycles. The molecule has 1 amide bonds. The first-order valence-corrected chi connectivity index (χ1v) is 9.25. The van der Waals surface area contributed by atoms with Gasteiger partial charge in [-0.25, -0.2) is 4.98 Å². The number of nitrogens with one attached hydrogen (secondary N) is 2. The lowest BCUT2D eigenvalue weighted by Crippen LogP contribution is -2.43. The van der Waals surface area contributed by atoms with Crippen molar-refractivity contribution in [3.05, 3.63) is 66.6 Å². The quantitative estimate of drug-likeness (QED) is 0.607. The molecular weight excluding hydrogens is 352 g/mol. The lowest BCUT2D eigenvalue weighted by atomic mass is 10.1. The SMILES string of the molecule is Nc1ccc(-c2ccccn2)cc1NC(=O)c1ccc(N2CCNCC2)cn1. The number of aromatic nitrogens is 2. The van der Waals surface area contributed by atoms with E-state index in [1.54, 1.807) is 24.5 Å². The van der Waals surface area contributed by atoms with E-state index in [2.05, 4.69) is 25.5 Å². The number of hydrogen-bond acceptors (Lipinski definition) is 6. The molecule has 0 spiro atoms. The maximum absolute atomic E-state index is 12.6. The second-order valence-electron chi connectivity index (χ2n) is 6.61. The summed E-state index contributed by atoms with van der Waals surface area (Å²) in [6.07, 6.45) is 3.47. The van der Waals surface area contributed by atoms with Crippen molar-refractivity contribution in [3.63, 3.8) is 0 Å². The molecule has 3 heterocycles. The number of carbonyl (C=O) groups excluding carboxylic acids is 1. The third kappa shape index (κ3) is 3.94. The van der Waals surface area contributed by atoms with Gasteiger partial charge >= 0.3 is 0 Å². The fourth-order valence-electron chi connectivity index (χ4n) is 3.17. The predicted octanol–water partition coefficient (Wildman–Crippen LogP) is 2.39. The van der Waals surface area contributed by atoms with Crippen LogP contribution in [-0.4, -0.2) is 42.1 Å². The number of carbonyl (C=O) groups is 1. The zero-order valence-corrected chi connectivity index (χ0v) is 15.4. The summed E-state index contributed by atoms with van der Waals surface area (Å²) >= 11 is 0. The van der Waals surface area contributed by atoms with Crippen molar-refractivity contribution in [3.8, 4) is 11.3 Å². The van der Waals surface area contributed by atoms with Crippen molar-refractivity contribution < 1.29 is 4.79 Å². The molecule has 1 fully saturated rings. The van der Waals surface area contributed by atoms with Crippen LogP contribution in [-0.2, 0) is 0 Å². The van der Waals surface area contributed by atoms with E-state index in [9.17, 15) is 4.79 Å². The molecule has 0 aliphatic carbocycles. The molecule has 0 bridgehead atoms. The summed E-state index contributed by atoms with van der Waals surface area (Å²) in [5, 5.41) is 6.18. The number of hydrogen-bond donors (Lipinski definition) is 3. The number of nitrogens with zero attached hydrogens (tertiary/aromatic N) is 3. The van der Waals surface area contributed by atoms with Gasteiger partial charge in [0.15, 0.2) is 0 Å². The first kappa shape index (κ1) is 17.9. The Kier molecular flexibility index (Phi) is 5.16. The highest BCUT2D eigenvalue weighted by Crippen LogP contribution is 2.26. The Bertz CT molecular complexity index is 952. The second-order valence-corrected chi connectivity index (χ2v) is 6.61. The Morgan fingerprint density at radius 1 is 1.07 bits per heavy atom. The molecule has 2 aromatic heterocycles. The van der Waals surface area contributed by atoms with Crippen LogP contribution in [0.15, 0.2) is 60.9 Å². The zero-order valence-electron chi connectivity index (χ0n) is 15.4. The van der Waals surface area contributed by atoms with Gasteiger partial charge < -0.3 is 21.3 Å². The molecule has 0 atom stereocenters. The van der Waals surface area contributed by atoms with Crippen LogP contribution < -0.4 is 21.3 Å². The van der Waals surface area contributed by atoms with Gasteiger partial charge in [0.05, 0.1) is 29.0 Å².